The highest BCUT2D eigenvalue weighted by molar-refractivity contribution is 5.76. The number of likely N-dealkylation sites (tertiary alicyclic amines) is 1. The van der Waals surface area contributed by atoms with Gasteiger partial charge in [0.15, 0.2) is 0 Å². The van der Waals surface area contributed by atoms with Crippen molar-refractivity contribution < 1.29 is 4.79 Å². The third kappa shape index (κ3) is 5.95. The second kappa shape index (κ2) is 8.74. The van der Waals surface area contributed by atoms with E-state index in [9.17, 15) is 4.79 Å². The van der Waals surface area contributed by atoms with Gasteiger partial charge >= 0.3 is 0 Å². The highest BCUT2D eigenvalue weighted by Crippen LogP contribution is 2.22. The molecule has 0 radical (unpaired) electrons. The van der Waals surface area contributed by atoms with E-state index in [0.717, 1.165) is 32.0 Å². The summed E-state index contributed by atoms with van der Waals surface area (Å²) in [6.45, 7) is 7.75. The molecule has 2 heterocycles. The van der Waals surface area contributed by atoms with Crippen LogP contribution in [-0.4, -0.2) is 50.6 Å². The molecule has 0 aromatic rings. The van der Waals surface area contributed by atoms with Gasteiger partial charge in [-0.25, -0.2) is 0 Å². The molecule has 21 heavy (non-hydrogen) atoms. The lowest BCUT2D eigenvalue weighted by atomic mass is 9.85. The molecule has 2 rings (SSSR count). The van der Waals surface area contributed by atoms with Crippen molar-refractivity contribution in [1.29, 1.82) is 0 Å². The average molecular weight is 295 g/mol. The van der Waals surface area contributed by atoms with Crippen LogP contribution in [0, 0.1) is 17.8 Å². The molecule has 0 aromatic carbocycles. The van der Waals surface area contributed by atoms with Gasteiger partial charge in [0.05, 0.1) is 0 Å². The van der Waals surface area contributed by atoms with E-state index in [-0.39, 0.29) is 5.91 Å². The molecule has 2 fully saturated rings. The molecular formula is C17H33N3O. The van der Waals surface area contributed by atoms with E-state index in [2.05, 4.69) is 29.5 Å². The van der Waals surface area contributed by atoms with Gasteiger partial charge in [-0.1, -0.05) is 6.92 Å². The van der Waals surface area contributed by atoms with Crippen LogP contribution in [0.15, 0.2) is 0 Å². The van der Waals surface area contributed by atoms with Gasteiger partial charge in [-0.05, 0) is 83.1 Å². The van der Waals surface area contributed by atoms with Gasteiger partial charge < -0.3 is 15.5 Å². The summed E-state index contributed by atoms with van der Waals surface area (Å²) >= 11 is 0. The molecule has 2 unspecified atom stereocenters. The lowest BCUT2D eigenvalue weighted by molar-refractivity contribution is -0.122. The van der Waals surface area contributed by atoms with Crippen molar-refractivity contribution >= 4 is 5.91 Å². The molecule has 2 aliphatic rings. The van der Waals surface area contributed by atoms with Gasteiger partial charge in [-0.2, -0.15) is 0 Å². The zero-order valence-electron chi connectivity index (χ0n) is 13.9. The van der Waals surface area contributed by atoms with Crippen molar-refractivity contribution in [3.8, 4) is 0 Å². The molecule has 2 aliphatic heterocycles. The lowest BCUT2D eigenvalue weighted by Gasteiger charge is -2.29. The van der Waals surface area contributed by atoms with Gasteiger partial charge in [0.25, 0.3) is 0 Å². The number of piperidine rings is 2. The van der Waals surface area contributed by atoms with Gasteiger partial charge in [-0.3, -0.25) is 4.79 Å². The first-order valence-corrected chi connectivity index (χ1v) is 8.81. The first-order valence-electron chi connectivity index (χ1n) is 8.81. The lowest BCUT2D eigenvalue weighted by Crippen LogP contribution is -2.36. The third-order valence-corrected chi connectivity index (χ3v) is 5.36. The number of carbonyl (C=O) groups excluding carboxylic acids is 1. The van der Waals surface area contributed by atoms with Gasteiger partial charge in [0.1, 0.15) is 0 Å². The average Bonchev–Trinajstić information content (AvgIpc) is 2.50. The molecule has 2 atom stereocenters. The van der Waals surface area contributed by atoms with Crippen molar-refractivity contribution in [3.05, 3.63) is 0 Å². The second-order valence-electron chi connectivity index (χ2n) is 7.17. The van der Waals surface area contributed by atoms with Gasteiger partial charge in [-0.15, -0.1) is 0 Å². The molecule has 122 valence electrons. The first kappa shape index (κ1) is 16.8. The Labute approximate surface area is 130 Å². The first-order chi connectivity index (χ1) is 10.1. The van der Waals surface area contributed by atoms with Crippen LogP contribution in [0.1, 0.15) is 45.4 Å². The predicted octanol–water partition coefficient (Wildman–Crippen LogP) is 1.86. The fourth-order valence-electron chi connectivity index (χ4n) is 3.66. The van der Waals surface area contributed by atoms with Crippen LogP contribution in [-0.2, 0) is 4.79 Å². The monoisotopic (exact) mass is 295 g/mol. The molecule has 0 aliphatic carbocycles. The van der Waals surface area contributed by atoms with Crippen LogP contribution in [0.25, 0.3) is 0 Å². The Morgan fingerprint density at radius 3 is 2.76 bits per heavy atom. The molecule has 2 saturated heterocycles. The van der Waals surface area contributed by atoms with Crippen LogP contribution >= 0.6 is 0 Å². The molecule has 4 heteroatoms. The minimum Gasteiger partial charge on any atom is -0.356 e. The molecule has 0 bridgehead atoms. The van der Waals surface area contributed by atoms with Gasteiger partial charge in [0.2, 0.25) is 5.91 Å². The summed E-state index contributed by atoms with van der Waals surface area (Å²) < 4.78 is 0. The molecule has 4 nitrogen and oxygen atoms in total. The van der Waals surface area contributed by atoms with Crippen LogP contribution in [0.5, 0.6) is 0 Å². The molecular weight excluding hydrogens is 262 g/mol. The number of hydrogen-bond acceptors (Lipinski definition) is 3. The number of rotatable bonds is 6. The fraction of sp³-hybridized carbons (Fsp3) is 0.941. The van der Waals surface area contributed by atoms with Crippen LogP contribution in [0.3, 0.4) is 0 Å². The standard InChI is InChI=1S/C17H33N3O/c1-14(16-4-3-8-18-13-16)12-17(21)19-9-5-15-6-10-20(2)11-7-15/h14-16,18H,3-13H2,1-2H3,(H,19,21). The predicted molar refractivity (Wildman–Crippen MR) is 87.2 cm³/mol. The maximum atomic E-state index is 12.1. The Morgan fingerprint density at radius 2 is 2.10 bits per heavy atom. The van der Waals surface area contributed by atoms with Crippen molar-refractivity contribution in [2.24, 2.45) is 17.8 Å². The van der Waals surface area contributed by atoms with E-state index in [4.69, 9.17) is 0 Å². The van der Waals surface area contributed by atoms with Crippen molar-refractivity contribution in [2.45, 2.75) is 45.4 Å². The summed E-state index contributed by atoms with van der Waals surface area (Å²) in [5, 5.41) is 6.58. The van der Waals surface area contributed by atoms with E-state index >= 15 is 0 Å². The number of amides is 1. The van der Waals surface area contributed by atoms with E-state index in [1.165, 1.54) is 38.8 Å². The molecule has 0 spiro atoms. The van der Waals surface area contributed by atoms with E-state index in [1.54, 1.807) is 0 Å². The summed E-state index contributed by atoms with van der Waals surface area (Å²) in [7, 11) is 2.19. The smallest absolute Gasteiger partial charge is 0.220 e. The van der Waals surface area contributed by atoms with E-state index in [1.807, 2.05) is 0 Å². The van der Waals surface area contributed by atoms with E-state index < -0.39 is 0 Å². The van der Waals surface area contributed by atoms with Crippen molar-refractivity contribution in [3.63, 3.8) is 0 Å². The quantitative estimate of drug-likeness (QED) is 0.786. The highest BCUT2D eigenvalue weighted by atomic mass is 16.1. The van der Waals surface area contributed by atoms with Crippen LogP contribution in [0.4, 0.5) is 0 Å². The topological polar surface area (TPSA) is 44.4 Å². The number of hydrogen-bond donors (Lipinski definition) is 2. The van der Waals surface area contributed by atoms with Crippen molar-refractivity contribution in [1.82, 2.24) is 15.5 Å². The SMILES string of the molecule is CC(CC(=O)NCCC1CCN(C)CC1)C1CCCNC1. The fourth-order valence-corrected chi connectivity index (χ4v) is 3.66. The number of carbonyl (C=O) groups is 1. The van der Waals surface area contributed by atoms with E-state index in [0.29, 0.717) is 18.3 Å². The Kier molecular flexibility index (Phi) is 6.97. The maximum Gasteiger partial charge on any atom is 0.220 e. The normalized spacial score (nSPS) is 26.5. The van der Waals surface area contributed by atoms with Gasteiger partial charge in [0, 0.05) is 13.0 Å². The summed E-state index contributed by atoms with van der Waals surface area (Å²) in [5.74, 6) is 2.24. The number of nitrogens with one attached hydrogen (secondary N) is 2. The van der Waals surface area contributed by atoms with Crippen LogP contribution < -0.4 is 10.6 Å². The Morgan fingerprint density at radius 1 is 1.33 bits per heavy atom. The largest absolute Gasteiger partial charge is 0.356 e. The molecule has 0 aromatic heterocycles. The zero-order chi connectivity index (χ0) is 15.1. The summed E-state index contributed by atoms with van der Waals surface area (Å²) in [5.41, 5.74) is 0. The molecule has 1 amide bonds. The maximum absolute atomic E-state index is 12.1. The second-order valence-corrected chi connectivity index (χ2v) is 7.17. The molecule has 0 saturated carbocycles. The third-order valence-electron chi connectivity index (χ3n) is 5.36. The Hall–Kier alpha value is -0.610. The zero-order valence-corrected chi connectivity index (χ0v) is 13.9. The summed E-state index contributed by atoms with van der Waals surface area (Å²) in [6.07, 6.45) is 6.95. The Balaban J connectivity index is 1.56. The minimum atomic E-state index is 0.251. The van der Waals surface area contributed by atoms with Crippen LogP contribution in [0.2, 0.25) is 0 Å². The summed E-state index contributed by atoms with van der Waals surface area (Å²) in [6, 6.07) is 0. The Bertz CT molecular complexity index is 307. The highest BCUT2D eigenvalue weighted by Gasteiger charge is 2.22. The van der Waals surface area contributed by atoms with Crippen molar-refractivity contribution in [2.75, 3.05) is 39.8 Å². The minimum absolute atomic E-state index is 0.251. The number of nitrogens with zero attached hydrogens (tertiary/aromatic N) is 1. The molecule has 2 N–H and O–H groups in total. The summed E-state index contributed by atoms with van der Waals surface area (Å²) in [4.78, 5) is 14.4.